The van der Waals surface area contributed by atoms with Crippen LogP contribution in [0.2, 0.25) is 10.0 Å². The lowest BCUT2D eigenvalue weighted by Crippen LogP contribution is -2.34. The number of halogens is 3. The molecule has 0 radical (unpaired) electrons. The molecule has 7 heteroatoms. The molecule has 2 aromatic carbocycles. The van der Waals surface area contributed by atoms with Crippen molar-refractivity contribution in [3.63, 3.8) is 0 Å². The van der Waals surface area contributed by atoms with Gasteiger partial charge in [-0.25, -0.2) is 0 Å². The Morgan fingerprint density at radius 1 is 1.23 bits per heavy atom. The minimum atomic E-state index is -0.100. The molecule has 1 aliphatic rings. The second-order valence-electron chi connectivity index (χ2n) is 6.69. The van der Waals surface area contributed by atoms with Gasteiger partial charge in [-0.3, -0.25) is 4.79 Å². The molecule has 26 heavy (non-hydrogen) atoms. The maximum absolute atomic E-state index is 13.0. The Morgan fingerprint density at radius 3 is 2.62 bits per heavy atom. The molecule has 0 bridgehead atoms. The van der Waals surface area contributed by atoms with Gasteiger partial charge in [0.05, 0.1) is 5.56 Å². The summed E-state index contributed by atoms with van der Waals surface area (Å²) >= 11 is 12.1. The van der Waals surface area contributed by atoms with Gasteiger partial charge in [-0.2, -0.15) is 0 Å². The third kappa shape index (κ3) is 4.63. The van der Waals surface area contributed by atoms with Crippen LogP contribution in [-0.4, -0.2) is 30.4 Å². The van der Waals surface area contributed by atoms with Gasteiger partial charge in [0.1, 0.15) is 11.5 Å². The smallest absolute Gasteiger partial charge is 0.257 e. The highest BCUT2D eigenvalue weighted by atomic mass is 35.5. The topological polar surface area (TPSA) is 55.6 Å². The molecule has 1 aliphatic heterocycles. The number of nitrogens with zero attached hydrogens (tertiary/aromatic N) is 1. The van der Waals surface area contributed by atoms with E-state index in [1.165, 1.54) is 0 Å². The van der Waals surface area contributed by atoms with Gasteiger partial charge in [0.25, 0.3) is 5.91 Å². The van der Waals surface area contributed by atoms with Crippen molar-refractivity contribution in [3.8, 4) is 11.5 Å². The van der Waals surface area contributed by atoms with E-state index in [4.69, 9.17) is 33.7 Å². The summed E-state index contributed by atoms with van der Waals surface area (Å²) in [6.45, 7) is 3.96. The van der Waals surface area contributed by atoms with E-state index in [0.717, 1.165) is 6.42 Å². The van der Waals surface area contributed by atoms with Gasteiger partial charge in [0, 0.05) is 23.1 Å². The van der Waals surface area contributed by atoms with Gasteiger partial charge >= 0.3 is 0 Å². The minimum Gasteiger partial charge on any atom is -0.456 e. The summed E-state index contributed by atoms with van der Waals surface area (Å²) in [7, 11) is 0. The standard InChI is InChI=1S/C19H20Cl2N2O2.ClH/c1-19(11-22)7-8-23(12-19)18(24)16-10-14(21)5-6-17(16)25-15-4-2-3-13(20)9-15;/h2-6,9-10H,7-8,11-12,22H2,1H3;1H. The highest BCUT2D eigenvalue weighted by molar-refractivity contribution is 6.31. The summed E-state index contributed by atoms with van der Waals surface area (Å²) < 4.78 is 5.89. The Bertz CT molecular complexity index is 800. The molecule has 1 amide bonds. The summed E-state index contributed by atoms with van der Waals surface area (Å²) in [5.74, 6) is 0.923. The fourth-order valence-corrected chi connectivity index (χ4v) is 3.30. The quantitative estimate of drug-likeness (QED) is 0.763. The first-order valence-corrected chi connectivity index (χ1v) is 8.88. The number of nitrogens with two attached hydrogens (primary N) is 1. The van der Waals surface area contributed by atoms with E-state index in [-0.39, 0.29) is 23.7 Å². The number of rotatable bonds is 4. The molecular formula is C19H21Cl3N2O2. The fourth-order valence-electron chi connectivity index (χ4n) is 2.95. The molecule has 0 aromatic heterocycles. The van der Waals surface area contributed by atoms with Crippen molar-refractivity contribution in [1.29, 1.82) is 0 Å². The Morgan fingerprint density at radius 2 is 1.96 bits per heavy atom. The Balaban J connectivity index is 0.00000243. The predicted octanol–water partition coefficient (Wildman–Crippen LogP) is 5.02. The van der Waals surface area contributed by atoms with Crippen LogP contribution < -0.4 is 10.5 Å². The van der Waals surface area contributed by atoms with Gasteiger partial charge in [0.2, 0.25) is 0 Å². The van der Waals surface area contributed by atoms with Crippen LogP contribution in [-0.2, 0) is 0 Å². The van der Waals surface area contributed by atoms with Gasteiger partial charge in [-0.1, -0.05) is 36.2 Å². The third-order valence-electron chi connectivity index (χ3n) is 4.53. The lowest BCUT2D eigenvalue weighted by atomic mass is 9.90. The van der Waals surface area contributed by atoms with Crippen molar-refractivity contribution < 1.29 is 9.53 Å². The second-order valence-corrected chi connectivity index (χ2v) is 7.56. The van der Waals surface area contributed by atoms with Crippen LogP contribution in [0.3, 0.4) is 0 Å². The molecule has 0 saturated carbocycles. The Labute approximate surface area is 169 Å². The number of likely N-dealkylation sites (tertiary alicyclic amines) is 1. The largest absolute Gasteiger partial charge is 0.456 e. The van der Waals surface area contributed by atoms with Crippen molar-refractivity contribution in [3.05, 3.63) is 58.1 Å². The second kappa shape index (κ2) is 8.49. The Hall–Kier alpha value is -1.46. The lowest BCUT2D eigenvalue weighted by Gasteiger charge is -2.23. The zero-order valence-electron chi connectivity index (χ0n) is 14.4. The van der Waals surface area contributed by atoms with Gasteiger partial charge in [-0.15, -0.1) is 12.4 Å². The highest BCUT2D eigenvalue weighted by Crippen LogP contribution is 2.34. The van der Waals surface area contributed by atoms with Crippen molar-refractivity contribution in [2.45, 2.75) is 13.3 Å². The number of carbonyl (C=O) groups excluding carboxylic acids is 1. The average Bonchev–Trinajstić information content (AvgIpc) is 2.99. The van der Waals surface area contributed by atoms with Crippen LogP contribution in [0, 0.1) is 5.41 Å². The fraction of sp³-hybridized carbons (Fsp3) is 0.316. The van der Waals surface area contributed by atoms with Gasteiger partial charge in [-0.05, 0) is 54.8 Å². The van der Waals surface area contributed by atoms with Crippen molar-refractivity contribution in [2.75, 3.05) is 19.6 Å². The van der Waals surface area contributed by atoms with E-state index < -0.39 is 0 Å². The number of amides is 1. The van der Waals surface area contributed by atoms with Crippen molar-refractivity contribution in [2.24, 2.45) is 11.1 Å². The number of hydrogen-bond donors (Lipinski definition) is 1. The Kier molecular flexibility index (Phi) is 6.80. The lowest BCUT2D eigenvalue weighted by molar-refractivity contribution is 0.0774. The SMILES string of the molecule is CC1(CN)CCN(C(=O)c2cc(Cl)ccc2Oc2cccc(Cl)c2)C1.Cl. The zero-order valence-corrected chi connectivity index (χ0v) is 16.7. The number of benzene rings is 2. The van der Waals surface area contributed by atoms with Crippen LogP contribution in [0.15, 0.2) is 42.5 Å². The molecule has 1 saturated heterocycles. The molecule has 140 valence electrons. The molecule has 3 rings (SSSR count). The number of carbonyl (C=O) groups is 1. The first-order valence-electron chi connectivity index (χ1n) is 8.12. The van der Waals surface area contributed by atoms with Crippen LogP contribution >= 0.6 is 35.6 Å². The van der Waals surface area contributed by atoms with Gasteiger partial charge in [0.15, 0.2) is 0 Å². The van der Waals surface area contributed by atoms with Crippen LogP contribution in [0.1, 0.15) is 23.7 Å². The first-order chi connectivity index (χ1) is 11.9. The molecule has 1 atom stereocenters. The molecule has 1 heterocycles. The molecule has 4 nitrogen and oxygen atoms in total. The van der Waals surface area contributed by atoms with Crippen molar-refractivity contribution >= 4 is 41.5 Å². The summed E-state index contributed by atoms with van der Waals surface area (Å²) in [4.78, 5) is 14.8. The summed E-state index contributed by atoms with van der Waals surface area (Å²) in [5, 5.41) is 1.06. The number of ether oxygens (including phenoxy) is 1. The van der Waals surface area contributed by atoms with Gasteiger partial charge < -0.3 is 15.4 Å². The van der Waals surface area contributed by atoms with E-state index in [0.29, 0.717) is 46.7 Å². The van der Waals surface area contributed by atoms with E-state index in [2.05, 4.69) is 6.92 Å². The van der Waals surface area contributed by atoms with Crippen LogP contribution in [0.25, 0.3) is 0 Å². The normalized spacial score (nSPS) is 19.2. The number of hydrogen-bond acceptors (Lipinski definition) is 3. The van der Waals surface area contributed by atoms with E-state index >= 15 is 0 Å². The van der Waals surface area contributed by atoms with Crippen molar-refractivity contribution in [1.82, 2.24) is 4.90 Å². The zero-order chi connectivity index (χ0) is 18.0. The molecule has 2 N–H and O–H groups in total. The summed E-state index contributed by atoms with van der Waals surface area (Å²) in [5.41, 5.74) is 6.24. The molecule has 0 spiro atoms. The summed E-state index contributed by atoms with van der Waals surface area (Å²) in [6, 6.07) is 12.1. The predicted molar refractivity (Wildman–Crippen MR) is 108 cm³/mol. The monoisotopic (exact) mass is 414 g/mol. The van der Waals surface area contributed by atoms with E-state index in [9.17, 15) is 4.79 Å². The molecule has 1 unspecified atom stereocenters. The first kappa shape index (κ1) is 20.8. The van der Waals surface area contributed by atoms with Crippen LogP contribution in [0.4, 0.5) is 0 Å². The highest BCUT2D eigenvalue weighted by Gasteiger charge is 2.36. The average molecular weight is 416 g/mol. The maximum Gasteiger partial charge on any atom is 0.257 e. The third-order valence-corrected chi connectivity index (χ3v) is 5.00. The maximum atomic E-state index is 13.0. The van der Waals surface area contributed by atoms with E-state index in [1.807, 2.05) is 4.90 Å². The van der Waals surface area contributed by atoms with Crippen LogP contribution in [0.5, 0.6) is 11.5 Å². The van der Waals surface area contributed by atoms with E-state index in [1.54, 1.807) is 42.5 Å². The minimum absolute atomic E-state index is 0. The molecule has 0 aliphatic carbocycles. The summed E-state index contributed by atoms with van der Waals surface area (Å²) in [6.07, 6.45) is 0.889. The molecule has 2 aromatic rings. The molecule has 1 fully saturated rings. The molecular weight excluding hydrogens is 395 g/mol.